The fourth-order valence-electron chi connectivity index (χ4n) is 20.7. The number of thiophene rings is 4. The van der Waals surface area contributed by atoms with Crippen molar-refractivity contribution in [3.63, 3.8) is 0 Å². The van der Waals surface area contributed by atoms with Crippen LogP contribution in [0.1, 0.15) is 0 Å². The Labute approximate surface area is 877 Å². The van der Waals surface area contributed by atoms with Gasteiger partial charge in [0.25, 0.3) is 0 Å². The summed E-state index contributed by atoms with van der Waals surface area (Å²) in [6.45, 7) is 0. The van der Waals surface area contributed by atoms with Gasteiger partial charge in [0.05, 0.1) is 0 Å². The zero-order chi connectivity index (χ0) is 99.1. The van der Waals surface area contributed by atoms with Crippen LogP contribution in [0.4, 0.5) is 0 Å². The SMILES string of the molecule is c1ccc(-c2ccc(-c3nc(-c4ccc5c(c4)sc4ccccc45)nc(-c4ccc5c(c4)sc4cccc(-c6ccccc6)c45)n3)cc2)cc1.c1ccc(-c2cccc(-c3nc(-c4ccc5c(c4)oc4ccccc45)nc(-c4ccc5c(c4)oc4cccc(-c6ccccc6)c45)n3)c2)cc1.c1ccc(-c2cccc(-c3nc(-c4ccc5c(c4)sc4ccccc45)nc(-c4ccc5c(c4)sc4cccc(-c6ccccc6)c45)n3)c2)cc1. The summed E-state index contributed by atoms with van der Waals surface area (Å²) in [5.41, 5.74) is 25.7. The van der Waals surface area contributed by atoms with Gasteiger partial charge in [-0.05, 0) is 164 Å². The summed E-state index contributed by atoms with van der Waals surface area (Å²) in [7, 11) is 0. The number of rotatable bonds is 15. The highest BCUT2D eigenvalue weighted by molar-refractivity contribution is 7.27. The second-order valence-electron chi connectivity index (χ2n) is 37.3. The molecule has 0 atom stereocenters. The summed E-state index contributed by atoms with van der Waals surface area (Å²) in [6.07, 6.45) is 0. The standard InChI is InChI=1S/C45H27N3O2.2C45H27N3S2/c2*1-3-11-28(12-4-1)30-15-9-16-31(25-30)43-46-44(32-21-23-36-35-17-7-8-19-38(35)49-40(36)26-32)48-45(47-43)33-22-24-37-41(27-33)50-39-20-10-18-34(42(37)39)29-13-5-2-6-14-29;1-3-10-28(11-4-1)29-18-20-31(21-19-29)43-46-44(32-22-24-36-35-14-7-8-16-38(35)49-40(36)26-32)48-45(47-43)33-23-25-37-41(27-33)50-39-17-9-15-34(42(37)39)30-12-5-2-6-13-30/h3*1-27H. The molecule has 0 spiro atoms. The largest absolute Gasteiger partial charge is 0.456 e. The minimum absolute atomic E-state index is 0.561. The number of hydrogen-bond donors (Lipinski definition) is 0. The topological polar surface area (TPSA) is 142 Å². The molecule has 0 radical (unpaired) electrons. The molecule has 0 aliphatic carbocycles. The molecule has 0 amide bonds. The molecule has 0 aliphatic rings. The molecule has 15 heteroatoms. The van der Waals surface area contributed by atoms with Crippen molar-refractivity contribution in [2.45, 2.75) is 0 Å². The van der Waals surface area contributed by atoms with Crippen molar-refractivity contribution in [2.75, 3.05) is 0 Å². The summed E-state index contributed by atoms with van der Waals surface area (Å²) < 4.78 is 22.7. The number of furan rings is 2. The predicted molar refractivity (Wildman–Crippen MR) is 627 cm³/mol. The van der Waals surface area contributed by atoms with Gasteiger partial charge < -0.3 is 8.83 Å². The second kappa shape index (κ2) is 37.9. The molecule has 21 aromatic carbocycles. The van der Waals surface area contributed by atoms with E-state index in [1.807, 2.05) is 114 Å². The van der Waals surface area contributed by atoms with Gasteiger partial charge in [-0.2, -0.15) is 0 Å². The van der Waals surface area contributed by atoms with E-state index in [-0.39, 0.29) is 0 Å². The summed E-state index contributed by atoms with van der Waals surface area (Å²) in [5, 5.41) is 14.4. The van der Waals surface area contributed by atoms with Gasteiger partial charge in [0.15, 0.2) is 52.4 Å². The first-order chi connectivity index (χ1) is 74.2. The lowest BCUT2D eigenvalue weighted by atomic mass is 9.99. The highest BCUT2D eigenvalue weighted by Crippen LogP contribution is 2.48. The maximum Gasteiger partial charge on any atom is 0.164 e. The van der Waals surface area contributed by atoms with Gasteiger partial charge in [-0.25, -0.2) is 44.9 Å². The molecule has 0 aliphatic heterocycles. The Balaban J connectivity index is 0.000000108. The van der Waals surface area contributed by atoms with E-state index in [9.17, 15) is 0 Å². The fraction of sp³-hybridized carbons (Fsp3) is 0. The third-order valence-corrected chi connectivity index (χ3v) is 32.5. The molecule has 0 saturated carbocycles. The van der Waals surface area contributed by atoms with Gasteiger partial charge in [-0.15, -0.1) is 45.3 Å². The maximum absolute atomic E-state index is 6.46. The molecule has 0 N–H and O–H groups in total. The molecule has 9 aromatic heterocycles. The molecule has 0 fully saturated rings. The average Bonchev–Trinajstić information content (AvgIpc) is 1.60. The van der Waals surface area contributed by atoms with Crippen LogP contribution in [0.5, 0.6) is 0 Å². The van der Waals surface area contributed by atoms with Gasteiger partial charge in [0.2, 0.25) is 0 Å². The predicted octanol–water partition coefficient (Wildman–Crippen LogP) is 37.9. The van der Waals surface area contributed by atoms with Crippen LogP contribution in [-0.4, -0.2) is 44.9 Å². The van der Waals surface area contributed by atoms with E-state index in [2.05, 4.69) is 400 Å². The molecule has 0 saturated heterocycles. The van der Waals surface area contributed by atoms with E-state index in [0.717, 1.165) is 133 Å². The number of aromatic nitrogens is 9. The maximum atomic E-state index is 6.46. The van der Waals surface area contributed by atoms with Crippen molar-refractivity contribution in [1.29, 1.82) is 0 Å². The second-order valence-corrected chi connectivity index (χ2v) is 41.6. The lowest BCUT2D eigenvalue weighted by molar-refractivity contribution is 0.668. The van der Waals surface area contributed by atoms with Gasteiger partial charge in [-0.1, -0.05) is 394 Å². The minimum atomic E-state index is 0.561. The average molecular weight is 1990 g/mol. The Kier molecular flexibility index (Phi) is 22.5. The third-order valence-electron chi connectivity index (χ3n) is 28.0. The first-order valence-electron chi connectivity index (χ1n) is 49.8. The van der Waals surface area contributed by atoms with Crippen molar-refractivity contribution in [2.24, 2.45) is 0 Å². The lowest BCUT2D eigenvalue weighted by Gasteiger charge is -2.10. The number of fused-ring (bicyclic) bond motifs is 18. The van der Waals surface area contributed by atoms with Crippen molar-refractivity contribution >= 4 is 170 Å². The zero-order valence-electron chi connectivity index (χ0n) is 80.2. The molecular weight excluding hydrogens is 1910 g/mol. The van der Waals surface area contributed by atoms with Crippen LogP contribution in [0, 0.1) is 0 Å². The number of benzene rings is 21. The van der Waals surface area contributed by atoms with Gasteiger partial charge in [-0.3, -0.25) is 0 Å². The Bertz CT molecular complexity index is 10100. The van der Waals surface area contributed by atoms with Crippen LogP contribution >= 0.6 is 45.3 Å². The van der Waals surface area contributed by atoms with Gasteiger partial charge in [0, 0.05) is 152 Å². The lowest BCUT2D eigenvalue weighted by Crippen LogP contribution is -2.00. The number of nitrogens with zero attached hydrogens (tertiary/aromatic N) is 9. The van der Waals surface area contributed by atoms with Crippen LogP contribution in [0.15, 0.2) is 500 Å². The molecule has 702 valence electrons. The van der Waals surface area contributed by atoms with Gasteiger partial charge >= 0.3 is 0 Å². The summed E-state index contributed by atoms with van der Waals surface area (Å²) in [5.74, 6) is 5.68. The quantitative estimate of drug-likeness (QED) is 0.0968. The van der Waals surface area contributed by atoms with Crippen LogP contribution in [0.25, 0.3) is 294 Å². The zero-order valence-corrected chi connectivity index (χ0v) is 83.5. The van der Waals surface area contributed by atoms with E-state index >= 15 is 0 Å². The van der Waals surface area contributed by atoms with Crippen LogP contribution in [-0.2, 0) is 0 Å². The Hall–Kier alpha value is -18.9. The molecule has 9 heterocycles. The first-order valence-corrected chi connectivity index (χ1v) is 53.1. The first kappa shape index (κ1) is 88.8. The van der Waals surface area contributed by atoms with Gasteiger partial charge in [0.1, 0.15) is 22.3 Å². The van der Waals surface area contributed by atoms with E-state index in [0.29, 0.717) is 52.4 Å². The Morgan fingerprint density at radius 2 is 0.353 bits per heavy atom. The molecule has 30 aromatic rings. The molecule has 11 nitrogen and oxygen atoms in total. The minimum Gasteiger partial charge on any atom is -0.456 e. The van der Waals surface area contributed by atoms with Crippen molar-refractivity contribution in [3.05, 3.63) is 491 Å². The number of para-hydroxylation sites is 1. The van der Waals surface area contributed by atoms with E-state index in [1.165, 1.54) is 109 Å². The summed E-state index contributed by atoms with van der Waals surface area (Å²) in [4.78, 5) is 45.9. The number of hydrogen-bond acceptors (Lipinski definition) is 15. The van der Waals surface area contributed by atoms with Crippen LogP contribution in [0.3, 0.4) is 0 Å². The molecule has 0 bridgehead atoms. The van der Waals surface area contributed by atoms with Crippen molar-refractivity contribution < 1.29 is 8.83 Å². The monoisotopic (exact) mass is 1990 g/mol. The van der Waals surface area contributed by atoms with Crippen LogP contribution < -0.4 is 0 Å². The van der Waals surface area contributed by atoms with E-state index in [4.69, 9.17) is 53.7 Å². The van der Waals surface area contributed by atoms with E-state index in [1.54, 1.807) is 22.7 Å². The molecule has 30 rings (SSSR count). The molecular formula is C135H81N9O2S4. The Morgan fingerprint density at radius 1 is 0.120 bits per heavy atom. The smallest absolute Gasteiger partial charge is 0.164 e. The summed E-state index contributed by atoms with van der Waals surface area (Å²) >= 11 is 7.24. The fourth-order valence-corrected chi connectivity index (χ4v) is 25.4. The Morgan fingerprint density at radius 3 is 0.773 bits per heavy atom. The van der Waals surface area contributed by atoms with Crippen molar-refractivity contribution in [3.8, 4) is 169 Å². The molecule has 150 heavy (non-hydrogen) atoms. The highest BCUT2D eigenvalue weighted by atomic mass is 32.1. The van der Waals surface area contributed by atoms with E-state index < -0.39 is 0 Å². The van der Waals surface area contributed by atoms with Crippen LogP contribution in [0.2, 0.25) is 0 Å². The summed E-state index contributed by atoms with van der Waals surface area (Å²) in [6, 6.07) is 172. The normalized spacial score (nSPS) is 11.6. The third kappa shape index (κ3) is 16.7. The molecule has 0 unspecified atom stereocenters. The van der Waals surface area contributed by atoms with Crippen molar-refractivity contribution in [1.82, 2.24) is 44.9 Å². The highest BCUT2D eigenvalue weighted by Gasteiger charge is 2.25.